The van der Waals surface area contributed by atoms with Crippen molar-refractivity contribution in [3.8, 4) is 0 Å². The van der Waals surface area contributed by atoms with E-state index in [1.807, 2.05) is 41.3 Å². The van der Waals surface area contributed by atoms with E-state index in [-0.39, 0.29) is 5.91 Å². The molecule has 0 aliphatic carbocycles. The van der Waals surface area contributed by atoms with Crippen molar-refractivity contribution >= 4 is 46.4 Å². The van der Waals surface area contributed by atoms with Crippen LogP contribution in [0.15, 0.2) is 42.5 Å². The molecule has 1 heterocycles. The van der Waals surface area contributed by atoms with Crippen molar-refractivity contribution in [2.75, 3.05) is 31.1 Å². The van der Waals surface area contributed by atoms with Crippen LogP contribution in [0.25, 0.3) is 0 Å². The summed E-state index contributed by atoms with van der Waals surface area (Å²) in [7, 11) is 0. The van der Waals surface area contributed by atoms with Gasteiger partial charge in [0.1, 0.15) is 0 Å². The van der Waals surface area contributed by atoms with E-state index < -0.39 is 0 Å². The predicted molar refractivity (Wildman–Crippen MR) is 105 cm³/mol. The number of halogens is 3. The van der Waals surface area contributed by atoms with Gasteiger partial charge in [0.15, 0.2) is 0 Å². The zero-order chi connectivity index (χ0) is 17.8. The molecule has 6 heteroatoms. The molecule has 0 atom stereocenters. The zero-order valence-corrected chi connectivity index (χ0v) is 16.0. The summed E-state index contributed by atoms with van der Waals surface area (Å²) in [5.74, 6) is 0.154. The largest absolute Gasteiger partial charge is 0.368 e. The van der Waals surface area contributed by atoms with Crippen LogP contribution in [-0.2, 0) is 11.2 Å². The fourth-order valence-electron chi connectivity index (χ4n) is 3.03. The van der Waals surface area contributed by atoms with Gasteiger partial charge in [-0.25, -0.2) is 0 Å². The molecule has 0 aromatic heterocycles. The van der Waals surface area contributed by atoms with Crippen LogP contribution in [0, 0.1) is 0 Å². The van der Waals surface area contributed by atoms with E-state index in [4.69, 9.17) is 34.8 Å². The summed E-state index contributed by atoms with van der Waals surface area (Å²) in [5, 5.41) is 1.80. The molecule has 0 unspecified atom stereocenters. The highest BCUT2D eigenvalue weighted by Crippen LogP contribution is 2.26. The van der Waals surface area contributed by atoms with Gasteiger partial charge in [0, 0.05) is 43.3 Å². The summed E-state index contributed by atoms with van der Waals surface area (Å²) in [6.45, 7) is 3.05. The van der Waals surface area contributed by atoms with E-state index in [9.17, 15) is 4.79 Å². The lowest BCUT2D eigenvalue weighted by Crippen LogP contribution is -2.48. The first kappa shape index (κ1) is 18.4. The van der Waals surface area contributed by atoms with Crippen molar-refractivity contribution in [3.05, 3.63) is 63.1 Å². The standard InChI is InChI=1S/C19H19Cl3N2O/c20-15-4-2-5-16(13-15)23-9-11-24(12-10-23)18(25)8-7-14-3-1-6-17(21)19(14)22/h1-6,13H,7-12H2. The molecule has 2 aromatic rings. The van der Waals surface area contributed by atoms with Crippen LogP contribution in [-0.4, -0.2) is 37.0 Å². The Balaban J connectivity index is 1.52. The second-order valence-corrected chi connectivity index (χ2v) is 7.28. The van der Waals surface area contributed by atoms with Crippen molar-refractivity contribution in [2.45, 2.75) is 12.8 Å². The molecule has 1 amide bonds. The molecule has 0 spiro atoms. The van der Waals surface area contributed by atoms with E-state index in [1.54, 1.807) is 6.07 Å². The maximum atomic E-state index is 12.5. The number of benzene rings is 2. The topological polar surface area (TPSA) is 23.6 Å². The van der Waals surface area contributed by atoms with Crippen molar-refractivity contribution in [3.63, 3.8) is 0 Å². The van der Waals surface area contributed by atoms with E-state index in [0.29, 0.717) is 36.0 Å². The molecule has 25 heavy (non-hydrogen) atoms. The quantitative estimate of drug-likeness (QED) is 0.730. The lowest BCUT2D eigenvalue weighted by Gasteiger charge is -2.36. The van der Waals surface area contributed by atoms with E-state index >= 15 is 0 Å². The summed E-state index contributed by atoms with van der Waals surface area (Å²) in [5.41, 5.74) is 2.02. The van der Waals surface area contributed by atoms with Gasteiger partial charge < -0.3 is 9.80 Å². The van der Waals surface area contributed by atoms with Gasteiger partial charge >= 0.3 is 0 Å². The third-order valence-corrected chi connectivity index (χ3v) is 5.54. The number of hydrogen-bond acceptors (Lipinski definition) is 2. The highest BCUT2D eigenvalue weighted by Gasteiger charge is 2.21. The molecule has 0 bridgehead atoms. The lowest BCUT2D eigenvalue weighted by molar-refractivity contribution is -0.131. The Kier molecular flexibility index (Phi) is 6.10. The normalized spacial score (nSPS) is 14.7. The first-order valence-electron chi connectivity index (χ1n) is 8.26. The fourth-order valence-corrected chi connectivity index (χ4v) is 3.63. The van der Waals surface area contributed by atoms with Gasteiger partial charge in [0.2, 0.25) is 5.91 Å². The Hall–Kier alpha value is -1.42. The van der Waals surface area contributed by atoms with Gasteiger partial charge in [-0.15, -0.1) is 0 Å². The third-order valence-electron chi connectivity index (χ3n) is 4.45. The Morgan fingerprint density at radius 1 is 0.960 bits per heavy atom. The highest BCUT2D eigenvalue weighted by atomic mass is 35.5. The number of aryl methyl sites for hydroxylation is 1. The molecular formula is C19H19Cl3N2O. The smallest absolute Gasteiger partial charge is 0.223 e. The number of amides is 1. The molecule has 3 nitrogen and oxygen atoms in total. The molecule has 0 saturated carbocycles. The fraction of sp³-hybridized carbons (Fsp3) is 0.316. The monoisotopic (exact) mass is 396 g/mol. The average Bonchev–Trinajstić information content (AvgIpc) is 2.63. The predicted octanol–water partition coefficient (Wildman–Crippen LogP) is 4.93. The van der Waals surface area contributed by atoms with Crippen LogP contribution in [0.5, 0.6) is 0 Å². The summed E-state index contributed by atoms with van der Waals surface area (Å²) in [6.07, 6.45) is 1.05. The van der Waals surface area contributed by atoms with Crippen LogP contribution in [0.3, 0.4) is 0 Å². The van der Waals surface area contributed by atoms with Gasteiger partial charge in [-0.2, -0.15) is 0 Å². The van der Waals surface area contributed by atoms with Crippen LogP contribution in [0.4, 0.5) is 5.69 Å². The molecule has 2 aromatic carbocycles. The lowest BCUT2D eigenvalue weighted by atomic mass is 10.1. The van der Waals surface area contributed by atoms with Crippen molar-refractivity contribution < 1.29 is 4.79 Å². The number of carbonyl (C=O) groups is 1. The first-order chi connectivity index (χ1) is 12.0. The average molecular weight is 398 g/mol. The minimum Gasteiger partial charge on any atom is -0.368 e. The summed E-state index contributed by atoms with van der Waals surface area (Å²) in [4.78, 5) is 16.6. The molecular weight excluding hydrogens is 379 g/mol. The van der Waals surface area contributed by atoms with E-state index in [2.05, 4.69) is 4.90 Å². The number of hydrogen-bond donors (Lipinski definition) is 0. The number of rotatable bonds is 4. The van der Waals surface area contributed by atoms with Gasteiger partial charge in [0.25, 0.3) is 0 Å². The van der Waals surface area contributed by atoms with Crippen molar-refractivity contribution in [1.29, 1.82) is 0 Å². The molecule has 1 fully saturated rings. The number of nitrogens with zero attached hydrogens (tertiary/aromatic N) is 2. The maximum absolute atomic E-state index is 12.5. The molecule has 1 aliphatic rings. The Labute approximate surface area is 163 Å². The Bertz CT molecular complexity index is 758. The molecule has 132 valence electrons. The molecule has 0 N–H and O–H groups in total. The number of carbonyl (C=O) groups excluding carboxylic acids is 1. The van der Waals surface area contributed by atoms with Gasteiger partial charge in [-0.1, -0.05) is 53.0 Å². The summed E-state index contributed by atoms with van der Waals surface area (Å²) in [6, 6.07) is 13.3. The Morgan fingerprint density at radius 3 is 2.40 bits per heavy atom. The molecule has 0 radical (unpaired) electrons. The second kappa shape index (κ2) is 8.31. The maximum Gasteiger partial charge on any atom is 0.223 e. The van der Waals surface area contributed by atoms with Crippen LogP contribution >= 0.6 is 34.8 Å². The molecule has 1 saturated heterocycles. The highest BCUT2D eigenvalue weighted by molar-refractivity contribution is 6.42. The first-order valence-corrected chi connectivity index (χ1v) is 9.39. The van der Waals surface area contributed by atoms with Gasteiger partial charge in [-0.3, -0.25) is 4.79 Å². The van der Waals surface area contributed by atoms with Crippen LogP contribution in [0.1, 0.15) is 12.0 Å². The van der Waals surface area contributed by atoms with Gasteiger partial charge in [0.05, 0.1) is 10.0 Å². The summed E-state index contributed by atoms with van der Waals surface area (Å²) < 4.78 is 0. The van der Waals surface area contributed by atoms with E-state index in [1.165, 1.54) is 0 Å². The second-order valence-electron chi connectivity index (χ2n) is 6.06. The van der Waals surface area contributed by atoms with E-state index in [0.717, 1.165) is 29.4 Å². The van der Waals surface area contributed by atoms with Crippen LogP contribution < -0.4 is 4.90 Å². The van der Waals surface area contributed by atoms with Crippen LogP contribution in [0.2, 0.25) is 15.1 Å². The summed E-state index contributed by atoms with van der Waals surface area (Å²) >= 11 is 18.3. The number of piperazine rings is 1. The van der Waals surface area contributed by atoms with Gasteiger partial charge in [-0.05, 0) is 36.2 Å². The SMILES string of the molecule is O=C(CCc1cccc(Cl)c1Cl)N1CCN(c2cccc(Cl)c2)CC1. The Morgan fingerprint density at radius 2 is 1.68 bits per heavy atom. The molecule has 1 aliphatic heterocycles. The number of anilines is 1. The minimum absolute atomic E-state index is 0.154. The third kappa shape index (κ3) is 4.60. The van der Waals surface area contributed by atoms with Crippen molar-refractivity contribution in [2.24, 2.45) is 0 Å². The minimum atomic E-state index is 0.154. The van der Waals surface area contributed by atoms with Crippen molar-refractivity contribution in [1.82, 2.24) is 4.90 Å². The zero-order valence-electron chi connectivity index (χ0n) is 13.7. The molecule has 3 rings (SSSR count).